The second-order valence-corrected chi connectivity index (χ2v) is 7.37. The molecule has 1 rings (SSSR count). The van der Waals surface area contributed by atoms with Crippen molar-refractivity contribution < 1.29 is 14.3 Å². The van der Waals surface area contributed by atoms with Crippen molar-refractivity contribution in [3.63, 3.8) is 0 Å². The molecule has 0 saturated carbocycles. The first kappa shape index (κ1) is 20.2. The van der Waals surface area contributed by atoms with Gasteiger partial charge < -0.3 is 14.8 Å². The maximum atomic E-state index is 12.3. The van der Waals surface area contributed by atoms with Crippen LogP contribution < -0.4 is 5.32 Å². The third kappa shape index (κ3) is 9.16. The first-order chi connectivity index (χ1) is 10.9. The molecule has 1 aliphatic rings. The van der Waals surface area contributed by atoms with Gasteiger partial charge in [0.1, 0.15) is 5.60 Å². The number of unbranched alkanes of at least 4 members (excludes halogenated alkanes) is 5. The molecule has 5 nitrogen and oxygen atoms in total. The lowest BCUT2D eigenvalue weighted by atomic mass is 10.1. The van der Waals surface area contributed by atoms with Crippen LogP contribution in [-0.2, 0) is 9.47 Å². The largest absolute Gasteiger partial charge is 0.444 e. The quantitative estimate of drug-likeness (QED) is 0.657. The van der Waals surface area contributed by atoms with Crippen LogP contribution >= 0.6 is 0 Å². The van der Waals surface area contributed by atoms with Crippen LogP contribution in [0.15, 0.2) is 0 Å². The number of hydrogen-bond donors (Lipinski definition) is 1. The summed E-state index contributed by atoms with van der Waals surface area (Å²) in [5.74, 6) is 0. The van der Waals surface area contributed by atoms with E-state index in [0.717, 1.165) is 13.1 Å². The number of carbonyl (C=O) groups excluding carboxylic acids is 1. The van der Waals surface area contributed by atoms with E-state index in [4.69, 9.17) is 9.47 Å². The summed E-state index contributed by atoms with van der Waals surface area (Å²) in [4.78, 5) is 14.1. The van der Waals surface area contributed by atoms with Gasteiger partial charge in [-0.25, -0.2) is 4.79 Å². The van der Waals surface area contributed by atoms with Crippen molar-refractivity contribution in [2.24, 2.45) is 0 Å². The molecule has 0 spiro atoms. The van der Waals surface area contributed by atoms with Crippen LogP contribution in [-0.4, -0.2) is 55.5 Å². The fraction of sp³-hybridized carbons (Fsp3) is 0.944. The van der Waals surface area contributed by atoms with E-state index < -0.39 is 5.60 Å². The summed E-state index contributed by atoms with van der Waals surface area (Å²) in [6, 6.07) is 0.0682. The van der Waals surface area contributed by atoms with Crippen molar-refractivity contribution in [2.45, 2.75) is 77.9 Å². The van der Waals surface area contributed by atoms with E-state index in [1.165, 1.54) is 38.5 Å². The van der Waals surface area contributed by atoms with Gasteiger partial charge in [0, 0.05) is 13.1 Å². The Morgan fingerprint density at radius 3 is 2.61 bits per heavy atom. The molecule has 1 aliphatic heterocycles. The average Bonchev–Trinajstić information content (AvgIpc) is 2.48. The van der Waals surface area contributed by atoms with Gasteiger partial charge in [-0.05, 0) is 33.7 Å². The lowest BCUT2D eigenvalue weighted by Gasteiger charge is -2.36. The third-order valence-electron chi connectivity index (χ3n) is 3.94. The number of carbonyl (C=O) groups is 1. The van der Waals surface area contributed by atoms with E-state index in [0.29, 0.717) is 19.8 Å². The Morgan fingerprint density at radius 2 is 1.91 bits per heavy atom. The minimum absolute atomic E-state index is 0.0682. The van der Waals surface area contributed by atoms with E-state index in [-0.39, 0.29) is 12.1 Å². The fourth-order valence-electron chi connectivity index (χ4n) is 2.68. The molecule has 23 heavy (non-hydrogen) atoms. The molecule has 0 aromatic carbocycles. The SMILES string of the molecule is CCCCCCCCNCC1COCCN1C(=O)OC(C)(C)C. The van der Waals surface area contributed by atoms with Crippen LogP contribution in [0.5, 0.6) is 0 Å². The topological polar surface area (TPSA) is 50.8 Å². The maximum absolute atomic E-state index is 12.3. The Kier molecular flexibility index (Phi) is 9.56. The third-order valence-corrected chi connectivity index (χ3v) is 3.94. The van der Waals surface area contributed by atoms with Gasteiger partial charge in [-0.2, -0.15) is 0 Å². The molecule has 0 bridgehead atoms. The smallest absolute Gasteiger partial charge is 0.410 e. The number of ether oxygens (including phenoxy) is 2. The predicted molar refractivity (Wildman–Crippen MR) is 93.8 cm³/mol. The highest BCUT2D eigenvalue weighted by atomic mass is 16.6. The van der Waals surface area contributed by atoms with E-state index in [2.05, 4.69) is 12.2 Å². The Hall–Kier alpha value is -0.810. The van der Waals surface area contributed by atoms with Crippen LogP contribution in [0.1, 0.15) is 66.2 Å². The molecule has 1 N–H and O–H groups in total. The molecule has 1 heterocycles. The molecule has 1 amide bonds. The van der Waals surface area contributed by atoms with Crippen molar-refractivity contribution >= 4 is 6.09 Å². The van der Waals surface area contributed by atoms with Gasteiger partial charge in [0.2, 0.25) is 0 Å². The number of nitrogens with one attached hydrogen (secondary N) is 1. The van der Waals surface area contributed by atoms with E-state index in [1.807, 2.05) is 25.7 Å². The van der Waals surface area contributed by atoms with Gasteiger partial charge in [0.05, 0.1) is 19.3 Å². The monoisotopic (exact) mass is 328 g/mol. The fourth-order valence-corrected chi connectivity index (χ4v) is 2.68. The zero-order valence-corrected chi connectivity index (χ0v) is 15.5. The highest BCUT2D eigenvalue weighted by molar-refractivity contribution is 5.68. The summed E-state index contributed by atoms with van der Waals surface area (Å²) in [6.07, 6.45) is 7.56. The first-order valence-corrected chi connectivity index (χ1v) is 9.22. The minimum Gasteiger partial charge on any atom is -0.444 e. The van der Waals surface area contributed by atoms with Crippen molar-refractivity contribution in [3.05, 3.63) is 0 Å². The summed E-state index contributed by atoms with van der Waals surface area (Å²) in [6.45, 7) is 11.5. The predicted octanol–water partition coefficient (Wildman–Crippen LogP) is 3.57. The number of rotatable bonds is 9. The van der Waals surface area contributed by atoms with E-state index in [1.54, 1.807) is 0 Å². The van der Waals surface area contributed by atoms with Crippen molar-refractivity contribution in [1.29, 1.82) is 0 Å². The number of morpholine rings is 1. The lowest BCUT2D eigenvalue weighted by molar-refractivity contribution is -0.0316. The van der Waals surface area contributed by atoms with Crippen molar-refractivity contribution in [2.75, 3.05) is 32.8 Å². The van der Waals surface area contributed by atoms with Crippen LogP contribution in [0.4, 0.5) is 4.79 Å². The Balaban J connectivity index is 2.23. The van der Waals surface area contributed by atoms with Gasteiger partial charge in [0.25, 0.3) is 0 Å². The van der Waals surface area contributed by atoms with Crippen molar-refractivity contribution in [1.82, 2.24) is 10.2 Å². The molecule has 136 valence electrons. The standard InChI is InChI=1S/C18H36N2O3/c1-5-6-7-8-9-10-11-19-14-16-15-22-13-12-20(16)17(21)23-18(2,3)4/h16,19H,5-15H2,1-4H3. The molecule has 0 radical (unpaired) electrons. The Morgan fingerprint density at radius 1 is 1.22 bits per heavy atom. The zero-order valence-electron chi connectivity index (χ0n) is 15.5. The number of hydrogen-bond acceptors (Lipinski definition) is 4. The van der Waals surface area contributed by atoms with Crippen LogP contribution in [0.2, 0.25) is 0 Å². The summed E-state index contributed by atoms with van der Waals surface area (Å²) in [7, 11) is 0. The lowest BCUT2D eigenvalue weighted by Crippen LogP contribution is -2.54. The van der Waals surface area contributed by atoms with Crippen molar-refractivity contribution in [3.8, 4) is 0 Å². The normalized spacial score (nSPS) is 19.0. The summed E-state index contributed by atoms with van der Waals surface area (Å²) < 4.78 is 11.0. The summed E-state index contributed by atoms with van der Waals surface area (Å²) in [5, 5.41) is 3.46. The zero-order chi connectivity index (χ0) is 17.1. The highest BCUT2D eigenvalue weighted by Crippen LogP contribution is 2.14. The molecular formula is C18H36N2O3. The van der Waals surface area contributed by atoms with Gasteiger partial charge >= 0.3 is 6.09 Å². The minimum atomic E-state index is -0.453. The first-order valence-electron chi connectivity index (χ1n) is 9.22. The second kappa shape index (κ2) is 10.9. The molecule has 1 atom stereocenters. The van der Waals surface area contributed by atoms with Crippen LogP contribution in [0.25, 0.3) is 0 Å². The molecule has 5 heteroatoms. The highest BCUT2D eigenvalue weighted by Gasteiger charge is 2.30. The second-order valence-electron chi connectivity index (χ2n) is 7.37. The van der Waals surface area contributed by atoms with Crippen LogP contribution in [0, 0.1) is 0 Å². The molecular weight excluding hydrogens is 292 g/mol. The maximum Gasteiger partial charge on any atom is 0.410 e. The molecule has 1 fully saturated rings. The summed E-state index contributed by atoms with van der Waals surface area (Å²) >= 11 is 0. The summed E-state index contributed by atoms with van der Waals surface area (Å²) in [5.41, 5.74) is -0.453. The van der Waals surface area contributed by atoms with E-state index >= 15 is 0 Å². The molecule has 0 aromatic heterocycles. The Labute approximate surface area is 142 Å². The molecule has 1 saturated heterocycles. The Bertz CT molecular complexity index is 329. The van der Waals surface area contributed by atoms with Crippen LogP contribution in [0.3, 0.4) is 0 Å². The number of nitrogens with zero attached hydrogens (tertiary/aromatic N) is 1. The van der Waals surface area contributed by atoms with E-state index in [9.17, 15) is 4.79 Å². The molecule has 0 aliphatic carbocycles. The van der Waals surface area contributed by atoms with Gasteiger partial charge in [-0.15, -0.1) is 0 Å². The average molecular weight is 328 g/mol. The van der Waals surface area contributed by atoms with Gasteiger partial charge in [-0.1, -0.05) is 39.0 Å². The molecule has 1 unspecified atom stereocenters. The van der Waals surface area contributed by atoms with Gasteiger partial charge in [-0.3, -0.25) is 4.90 Å². The molecule has 0 aromatic rings. The number of amides is 1. The van der Waals surface area contributed by atoms with Gasteiger partial charge in [0.15, 0.2) is 0 Å².